The van der Waals surface area contributed by atoms with Crippen LogP contribution in [0.4, 0.5) is 0 Å². The Kier molecular flexibility index (Phi) is 4.65. The van der Waals surface area contributed by atoms with Gasteiger partial charge in [-0.1, -0.05) is 65.1 Å². The fourth-order valence-corrected chi connectivity index (χ4v) is 2.59. The van der Waals surface area contributed by atoms with Crippen molar-refractivity contribution in [2.75, 3.05) is 0 Å². The second-order valence-electron chi connectivity index (χ2n) is 3.87. The van der Waals surface area contributed by atoms with Crippen LogP contribution in [-0.2, 0) is 4.79 Å². The zero-order valence-electron chi connectivity index (χ0n) is 9.74. The van der Waals surface area contributed by atoms with Crippen molar-refractivity contribution in [1.82, 2.24) is 0 Å². The summed E-state index contributed by atoms with van der Waals surface area (Å²) in [5.41, 5.74) is 1.89. The van der Waals surface area contributed by atoms with E-state index in [1.165, 1.54) is 0 Å². The molecule has 0 aliphatic carbocycles. The smallest absolute Gasteiger partial charge is 0.150 e. The van der Waals surface area contributed by atoms with E-state index in [-0.39, 0.29) is 0 Å². The van der Waals surface area contributed by atoms with Crippen molar-refractivity contribution in [2.45, 2.75) is 0 Å². The van der Waals surface area contributed by atoms with Gasteiger partial charge in [-0.25, -0.2) is 0 Å². The first-order valence-electron chi connectivity index (χ1n) is 5.48. The van der Waals surface area contributed by atoms with Gasteiger partial charge in [-0.2, -0.15) is 0 Å². The van der Waals surface area contributed by atoms with Crippen LogP contribution in [0.1, 0.15) is 11.1 Å². The standard InChI is InChI=1S/C15H9Cl3O/c16-12-7-14(17)13(15(18)8-12)6-11(9-19)10-4-2-1-3-5-10/h1-9H/b11-6+. The summed E-state index contributed by atoms with van der Waals surface area (Å²) in [4.78, 5) is 11.2. The van der Waals surface area contributed by atoms with Crippen LogP contribution in [0.5, 0.6) is 0 Å². The predicted octanol–water partition coefficient (Wildman–Crippen LogP) is 5.39. The van der Waals surface area contributed by atoms with Gasteiger partial charge in [0.25, 0.3) is 0 Å². The van der Waals surface area contributed by atoms with Gasteiger partial charge >= 0.3 is 0 Å². The molecule has 0 unspecified atom stereocenters. The number of hydrogen-bond acceptors (Lipinski definition) is 1. The minimum absolute atomic E-state index is 0.410. The molecule has 0 saturated carbocycles. The highest BCUT2D eigenvalue weighted by Crippen LogP contribution is 2.31. The van der Waals surface area contributed by atoms with Crippen LogP contribution in [0, 0.1) is 0 Å². The topological polar surface area (TPSA) is 17.1 Å². The van der Waals surface area contributed by atoms with Gasteiger partial charge in [0.15, 0.2) is 6.29 Å². The van der Waals surface area contributed by atoms with E-state index >= 15 is 0 Å². The van der Waals surface area contributed by atoms with Crippen LogP contribution < -0.4 is 0 Å². The minimum atomic E-state index is 0.410. The fourth-order valence-electron chi connectivity index (χ4n) is 1.66. The van der Waals surface area contributed by atoms with Gasteiger partial charge in [-0.15, -0.1) is 0 Å². The molecule has 0 aliphatic heterocycles. The average molecular weight is 312 g/mol. The molecule has 0 fully saturated rings. The number of benzene rings is 2. The zero-order valence-corrected chi connectivity index (χ0v) is 12.0. The van der Waals surface area contributed by atoms with Gasteiger partial charge in [-0.3, -0.25) is 4.79 Å². The third kappa shape index (κ3) is 3.38. The van der Waals surface area contributed by atoms with Gasteiger partial charge in [0.05, 0.1) is 10.0 Å². The number of aldehydes is 1. The van der Waals surface area contributed by atoms with Crippen LogP contribution in [0.2, 0.25) is 15.1 Å². The Morgan fingerprint density at radius 3 is 2.05 bits per heavy atom. The number of carbonyl (C=O) groups is 1. The molecule has 0 aliphatic rings. The molecule has 2 aromatic rings. The van der Waals surface area contributed by atoms with Crippen molar-refractivity contribution in [1.29, 1.82) is 0 Å². The number of halogens is 3. The lowest BCUT2D eigenvalue weighted by Crippen LogP contribution is -1.87. The largest absolute Gasteiger partial charge is 0.298 e. The van der Waals surface area contributed by atoms with Crippen LogP contribution >= 0.6 is 34.8 Å². The molecule has 0 saturated heterocycles. The van der Waals surface area contributed by atoms with E-state index in [4.69, 9.17) is 34.8 Å². The summed E-state index contributed by atoms with van der Waals surface area (Å²) < 4.78 is 0. The molecular formula is C15H9Cl3O. The van der Waals surface area contributed by atoms with E-state index in [1.807, 2.05) is 30.3 Å². The molecule has 19 heavy (non-hydrogen) atoms. The maximum atomic E-state index is 11.2. The molecule has 0 spiro atoms. The van der Waals surface area contributed by atoms with Crippen molar-refractivity contribution in [2.24, 2.45) is 0 Å². The molecule has 0 heterocycles. The number of carbonyl (C=O) groups excluding carboxylic acids is 1. The minimum Gasteiger partial charge on any atom is -0.298 e. The molecule has 4 heteroatoms. The van der Waals surface area contributed by atoms with E-state index in [0.29, 0.717) is 26.2 Å². The summed E-state index contributed by atoms with van der Waals surface area (Å²) in [5, 5.41) is 1.28. The van der Waals surface area contributed by atoms with E-state index in [1.54, 1.807) is 18.2 Å². The summed E-state index contributed by atoms with van der Waals surface area (Å²) in [5.74, 6) is 0. The van der Waals surface area contributed by atoms with Crippen molar-refractivity contribution in [3.63, 3.8) is 0 Å². The normalized spacial score (nSPS) is 11.4. The lowest BCUT2D eigenvalue weighted by molar-refractivity contribution is -0.103. The van der Waals surface area contributed by atoms with Crippen LogP contribution in [0.15, 0.2) is 42.5 Å². The Hall–Kier alpha value is -1.28. The lowest BCUT2D eigenvalue weighted by Gasteiger charge is -2.05. The summed E-state index contributed by atoms with van der Waals surface area (Å²) in [6.07, 6.45) is 2.43. The predicted molar refractivity (Wildman–Crippen MR) is 81.8 cm³/mol. The maximum absolute atomic E-state index is 11.2. The van der Waals surface area contributed by atoms with Crippen molar-refractivity contribution in [3.8, 4) is 0 Å². The van der Waals surface area contributed by atoms with Crippen LogP contribution in [-0.4, -0.2) is 6.29 Å². The Bertz CT molecular complexity index is 610. The molecule has 0 bridgehead atoms. The van der Waals surface area contributed by atoms with E-state index in [9.17, 15) is 4.79 Å². The van der Waals surface area contributed by atoms with Crippen molar-refractivity contribution in [3.05, 3.63) is 68.7 Å². The highest BCUT2D eigenvalue weighted by atomic mass is 35.5. The molecule has 2 aromatic carbocycles. The van der Waals surface area contributed by atoms with E-state index in [2.05, 4.69) is 0 Å². The Labute approximate surface area is 126 Å². The summed E-state index contributed by atoms with van der Waals surface area (Å²) >= 11 is 18.0. The van der Waals surface area contributed by atoms with Crippen LogP contribution in [0.25, 0.3) is 11.6 Å². The van der Waals surface area contributed by atoms with Gasteiger partial charge in [0.2, 0.25) is 0 Å². The zero-order chi connectivity index (χ0) is 13.8. The molecule has 1 nitrogen and oxygen atoms in total. The Morgan fingerprint density at radius 1 is 0.947 bits per heavy atom. The van der Waals surface area contributed by atoms with Crippen molar-refractivity contribution < 1.29 is 4.79 Å². The van der Waals surface area contributed by atoms with Gasteiger partial charge in [0.1, 0.15) is 0 Å². The highest BCUT2D eigenvalue weighted by molar-refractivity contribution is 6.40. The third-order valence-corrected chi connectivity index (χ3v) is 3.42. The lowest BCUT2D eigenvalue weighted by atomic mass is 10.0. The van der Waals surface area contributed by atoms with E-state index < -0.39 is 0 Å². The van der Waals surface area contributed by atoms with E-state index in [0.717, 1.165) is 11.8 Å². The van der Waals surface area contributed by atoms with Crippen molar-refractivity contribution >= 4 is 52.7 Å². The second kappa shape index (κ2) is 6.25. The molecule has 96 valence electrons. The summed E-state index contributed by atoms with van der Waals surface area (Å²) in [7, 11) is 0. The molecule has 2 rings (SSSR count). The molecular weight excluding hydrogens is 303 g/mol. The van der Waals surface area contributed by atoms with Gasteiger partial charge < -0.3 is 0 Å². The maximum Gasteiger partial charge on any atom is 0.150 e. The summed E-state index contributed by atoms with van der Waals surface area (Å²) in [6, 6.07) is 12.5. The van der Waals surface area contributed by atoms with Gasteiger partial charge in [0, 0.05) is 16.2 Å². The number of allylic oxidation sites excluding steroid dienone is 1. The Morgan fingerprint density at radius 2 is 1.53 bits per heavy atom. The Balaban J connectivity index is 2.53. The first kappa shape index (κ1) is 14.1. The first-order chi connectivity index (χ1) is 9.11. The molecule has 0 radical (unpaired) electrons. The fraction of sp³-hybridized carbons (Fsp3) is 0. The quantitative estimate of drug-likeness (QED) is 0.422. The number of hydrogen-bond donors (Lipinski definition) is 0. The third-order valence-electron chi connectivity index (χ3n) is 2.58. The average Bonchev–Trinajstić information content (AvgIpc) is 2.39. The highest BCUT2D eigenvalue weighted by Gasteiger charge is 2.08. The summed E-state index contributed by atoms with van der Waals surface area (Å²) in [6.45, 7) is 0. The number of rotatable bonds is 3. The molecule has 0 atom stereocenters. The molecule has 0 aromatic heterocycles. The monoisotopic (exact) mass is 310 g/mol. The van der Waals surface area contributed by atoms with Gasteiger partial charge in [-0.05, 0) is 23.8 Å². The first-order valence-corrected chi connectivity index (χ1v) is 6.62. The molecule has 0 amide bonds. The SMILES string of the molecule is O=C/C(=C\c1c(Cl)cc(Cl)cc1Cl)c1ccccc1. The molecule has 0 N–H and O–H groups in total. The second-order valence-corrected chi connectivity index (χ2v) is 5.12. The van der Waals surface area contributed by atoms with Crippen LogP contribution in [0.3, 0.4) is 0 Å².